The smallest absolute Gasteiger partial charge is 0.230 e. The average molecular weight is 184 g/mol. The highest BCUT2D eigenvalue weighted by Gasteiger charge is 2.22. The first-order valence-corrected chi connectivity index (χ1v) is 4.32. The fraction of sp³-hybridized carbons (Fsp3) is 0.750. The molecule has 60 valence electrons. The molecule has 0 radical (unpaired) electrons. The first kappa shape index (κ1) is 10.2. The minimum absolute atomic E-state index is 0.511. The van der Waals surface area contributed by atoms with Crippen molar-refractivity contribution in [3.63, 3.8) is 0 Å². The van der Waals surface area contributed by atoms with Crippen LogP contribution in [0.25, 0.3) is 0 Å². The number of hydrogen-bond acceptors (Lipinski definition) is 6. The fourth-order valence-corrected chi connectivity index (χ4v) is 0.900. The van der Waals surface area contributed by atoms with Crippen molar-refractivity contribution in [2.45, 2.75) is 12.2 Å². The summed E-state index contributed by atoms with van der Waals surface area (Å²) in [5.41, 5.74) is 0. The van der Waals surface area contributed by atoms with E-state index < -0.39 is 23.9 Å². The topological polar surface area (TPSA) is 77.8 Å². The molecule has 0 bridgehead atoms. The van der Waals surface area contributed by atoms with Gasteiger partial charge in [-0.15, -0.1) is 11.7 Å². The third-order valence-electron chi connectivity index (χ3n) is 0.883. The minimum atomic E-state index is -1.55. The molecular formula is C4H8O4S2. The highest BCUT2D eigenvalue weighted by molar-refractivity contribution is 8.74. The normalized spacial score (nSPS) is 16.4. The number of rotatable bonds is 3. The van der Waals surface area contributed by atoms with E-state index in [1.54, 1.807) is 0 Å². The molecule has 6 heteroatoms. The molecule has 0 aliphatic carbocycles. The predicted octanol–water partition coefficient (Wildman–Crippen LogP) is -1.19. The van der Waals surface area contributed by atoms with Crippen LogP contribution in [-0.2, 0) is 4.79 Å². The highest BCUT2D eigenvalue weighted by Crippen LogP contribution is 2.11. The largest absolute Gasteiger partial charge is 0.394 e. The van der Waals surface area contributed by atoms with Gasteiger partial charge in [-0.2, -0.15) is 0 Å². The molecule has 0 saturated heterocycles. The van der Waals surface area contributed by atoms with E-state index in [0.29, 0.717) is 10.8 Å². The van der Waals surface area contributed by atoms with Crippen LogP contribution in [0.5, 0.6) is 0 Å². The van der Waals surface area contributed by atoms with Crippen molar-refractivity contribution in [2.75, 3.05) is 6.61 Å². The number of hydrogen-bond donors (Lipinski definition) is 4. The Hall–Kier alpha value is 0.250. The Morgan fingerprint density at radius 3 is 2.40 bits per heavy atom. The third kappa shape index (κ3) is 2.89. The second-order valence-corrected chi connectivity index (χ2v) is 2.74. The van der Waals surface area contributed by atoms with Crippen molar-refractivity contribution in [2.24, 2.45) is 0 Å². The molecule has 0 aromatic heterocycles. The zero-order valence-corrected chi connectivity index (χ0v) is 6.68. The summed E-state index contributed by atoms with van der Waals surface area (Å²) >= 11 is 3.50. The van der Waals surface area contributed by atoms with E-state index in [-0.39, 0.29) is 0 Å². The second-order valence-electron chi connectivity index (χ2n) is 1.61. The van der Waals surface area contributed by atoms with Crippen LogP contribution in [0.15, 0.2) is 0 Å². The van der Waals surface area contributed by atoms with Crippen LogP contribution in [-0.4, -0.2) is 39.2 Å². The molecule has 0 unspecified atom stereocenters. The Morgan fingerprint density at radius 2 is 2.10 bits per heavy atom. The van der Waals surface area contributed by atoms with E-state index in [2.05, 4.69) is 11.7 Å². The van der Waals surface area contributed by atoms with Crippen LogP contribution in [0.3, 0.4) is 0 Å². The molecule has 0 spiro atoms. The summed E-state index contributed by atoms with van der Waals surface area (Å²) in [5, 5.41) is 25.0. The van der Waals surface area contributed by atoms with Crippen molar-refractivity contribution >= 4 is 27.6 Å². The van der Waals surface area contributed by atoms with Gasteiger partial charge in [-0.05, 0) is 10.8 Å². The van der Waals surface area contributed by atoms with Gasteiger partial charge in [0.15, 0.2) is 6.10 Å². The zero-order valence-electron chi connectivity index (χ0n) is 4.97. The molecule has 0 rings (SSSR count). The van der Waals surface area contributed by atoms with Gasteiger partial charge in [-0.25, -0.2) is 0 Å². The van der Waals surface area contributed by atoms with Crippen molar-refractivity contribution in [1.29, 1.82) is 0 Å². The Bertz CT molecular complexity index is 118. The summed E-state index contributed by atoms with van der Waals surface area (Å²) in [6.45, 7) is -0.638. The first-order chi connectivity index (χ1) is 4.63. The monoisotopic (exact) mass is 184 g/mol. The Morgan fingerprint density at radius 1 is 1.60 bits per heavy atom. The van der Waals surface area contributed by atoms with Gasteiger partial charge < -0.3 is 15.3 Å². The molecular weight excluding hydrogens is 176 g/mol. The maximum Gasteiger partial charge on any atom is 0.230 e. The molecule has 0 heterocycles. The highest BCUT2D eigenvalue weighted by atomic mass is 33.1. The van der Waals surface area contributed by atoms with Crippen LogP contribution in [0.1, 0.15) is 0 Å². The summed E-state index contributed by atoms with van der Waals surface area (Å²) in [5.74, 6) is 0. The van der Waals surface area contributed by atoms with Crippen molar-refractivity contribution < 1.29 is 20.1 Å². The average Bonchev–Trinajstić information content (AvgIpc) is 2.00. The number of aliphatic hydroxyl groups excluding tert-OH is 3. The lowest BCUT2D eigenvalue weighted by atomic mass is 10.2. The molecule has 0 fully saturated rings. The molecule has 4 nitrogen and oxygen atoms in total. The predicted molar refractivity (Wildman–Crippen MR) is 40.7 cm³/mol. The van der Waals surface area contributed by atoms with Gasteiger partial charge >= 0.3 is 0 Å². The Balaban J connectivity index is 3.81. The van der Waals surface area contributed by atoms with Crippen LogP contribution >= 0.6 is 22.5 Å². The van der Waals surface area contributed by atoms with E-state index in [1.807, 2.05) is 0 Å². The summed E-state index contributed by atoms with van der Waals surface area (Å²) in [4.78, 5) is 10.5. The lowest BCUT2D eigenvalue weighted by Gasteiger charge is -2.11. The van der Waals surface area contributed by atoms with Gasteiger partial charge in [-0.1, -0.05) is 0 Å². The second kappa shape index (κ2) is 4.97. The summed E-state index contributed by atoms with van der Waals surface area (Å²) in [6, 6.07) is 0. The van der Waals surface area contributed by atoms with Gasteiger partial charge in [0.2, 0.25) is 5.12 Å². The molecule has 0 amide bonds. The maximum absolute atomic E-state index is 10.5. The Labute approximate surface area is 67.1 Å². The molecule has 0 aliphatic rings. The SMILES string of the molecule is O=C(SS)[C@@H](O)[C@H](O)CO. The molecule has 2 atom stereocenters. The van der Waals surface area contributed by atoms with Crippen LogP contribution in [0.4, 0.5) is 0 Å². The van der Waals surface area contributed by atoms with Gasteiger partial charge in [0.1, 0.15) is 6.10 Å². The van der Waals surface area contributed by atoms with E-state index >= 15 is 0 Å². The summed E-state index contributed by atoms with van der Waals surface area (Å²) in [7, 11) is 0.511. The molecule has 10 heavy (non-hydrogen) atoms. The van der Waals surface area contributed by atoms with E-state index in [0.717, 1.165) is 0 Å². The van der Waals surface area contributed by atoms with Gasteiger partial charge in [0.25, 0.3) is 0 Å². The van der Waals surface area contributed by atoms with Crippen LogP contribution < -0.4 is 0 Å². The van der Waals surface area contributed by atoms with Gasteiger partial charge in [0.05, 0.1) is 6.61 Å². The molecule has 0 aliphatic heterocycles. The molecule has 0 aromatic carbocycles. The standard InChI is InChI=1S/C4H8O4S2/c5-1-2(6)3(7)4(8)10-9/h2-3,5-7,9H,1H2/t2-,3+/m1/s1. The van der Waals surface area contributed by atoms with Gasteiger partial charge in [0, 0.05) is 0 Å². The van der Waals surface area contributed by atoms with E-state index in [1.165, 1.54) is 0 Å². The molecule has 0 aromatic rings. The summed E-state index contributed by atoms with van der Waals surface area (Å²) < 4.78 is 0. The number of thiol groups is 1. The minimum Gasteiger partial charge on any atom is -0.394 e. The summed E-state index contributed by atoms with van der Waals surface area (Å²) in [6.07, 6.45) is -2.96. The number of aliphatic hydroxyl groups is 3. The number of carbonyl (C=O) groups is 1. The lowest BCUT2D eigenvalue weighted by molar-refractivity contribution is -0.125. The van der Waals surface area contributed by atoms with Crippen LogP contribution in [0, 0.1) is 0 Å². The molecule has 3 N–H and O–H groups in total. The maximum atomic E-state index is 10.5. The first-order valence-electron chi connectivity index (χ1n) is 2.45. The van der Waals surface area contributed by atoms with Crippen molar-refractivity contribution in [3.8, 4) is 0 Å². The lowest BCUT2D eigenvalue weighted by Crippen LogP contribution is -2.34. The fourth-order valence-electron chi connectivity index (χ4n) is 0.311. The van der Waals surface area contributed by atoms with Crippen molar-refractivity contribution in [1.82, 2.24) is 0 Å². The molecule has 0 saturated carbocycles. The Kier molecular flexibility index (Phi) is 5.10. The van der Waals surface area contributed by atoms with Crippen LogP contribution in [0.2, 0.25) is 0 Å². The number of carbonyl (C=O) groups excluding carboxylic acids is 1. The van der Waals surface area contributed by atoms with Crippen molar-refractivity contribution in [3.05, 3.63) is 0 Å². The van der Waals surface area contributed by atoms with Gasteiger partial charge in [-0.3, -0.25) is 4.79 Å². The third-order valence-corrected chi connectivity index (χ3v) is 1.84. The quantitative estimate of drug-likeness (QED) is 0.327. The van der Waals surface area contributed by atoms with E-state index in [4.69, 9.17) is 15.3 Å². The van der Waals surface area contributed by atoms with E-state index in [9.17, 15) is 4.79 Å². The zero-order chi connectivity index (χ0) is 8.15.